The van der Waals surface area contributed by atoms with Crippen LogP contribution in [0.2, 0.25) is 0 Å². The number of unbranched alkanes of at least 4 members (excludes halogenated alkanes) is 1. The van der Waals surface area contributed by atoms with Gasteiger partial charge in [0.25, 0.3) is 0 Å². The van der Waals surface area contributed by atoms with E-state index in [4.69, 9.17) is 19.3 Å². The Bertz CT molecular complexity index is 179. The average Bonchev–Trinajstić information content (AvgIpc) is 2.42. The maximum Gasteiger partial charge on any atom is 0.0701 e. The summed E-state index contributed by atoms with van der Waals surface area (Å²) in [7, 11) is 1.73. The van der Waals surface area contributed by atoms with Crippen molar-refractivity contribution in [3.8, 4) is 0 Å². The van der Waals surface area contributed by atoms with Crippen molar-refractivity contribution in [2.24, 2.45) is 5.92 Å². The Labute approximate surface area is 111 Å². The lowest BCUT2D eigenvalue weighted by Crippen LogP contribution is -2.25. The first-order valence-electron chi connectivity index (χ1n) is 7.16. The number of aliphatic hydroxyl groups is 1. The van der Waals surface area contributed by atoms with E-state index >= 15 is 0 Å². The van der Waals surface area contributed by atoms with Gasteiger partial charge in [-0.25, -0.2) is 0 Å². The number of methoxy groups -OCH3 is 1. The quantitative estimate of drug-likeness (QED) is 0.610. The second-order valence-electron chi connectivity index (χ2n) is 5.01. The standard InChI is InChI=1S/C14H28O4/c1-16-9-2-3-10-17-12-13-4-6-14(7-5-13)18-11-8-15/h13-15H,2-12H2,1H3. The Hall–Kier alpha value is -0.160. The highest BCUT2D eigenvalue weighted by molar-refractivity contribution is 4.72. The van der Waals surface area contributed by atoms with Crippen LogP contribution in [0.5, 0.6) is 0 Å². The van der Waals surface area contributed by atoms with Crippen LogP contribution in [0.15, 0.2) is 0 Å². The summed E-state index contributed by atoms with van der Waals surface area (Å²) in [5.74, 6) is 0.696. The highest BCUT2D eigenvalue weighted by Gasteiger charge is 2.21. The van der Waals surface area contributed by atoms with Crippen molar-refractivity contribution in [2.45, 2.75) is 44.6 Å². The highest BCUT2D eigenvalue weighted by atomic mass is 16.5. The summed E-state index contributed by atoms with van der Waals surface area (Å²) in [4.78, 5) is 0. The Kier molecular flexibility index (Phi) is 9.48. The fraction of sp³-hybridized carbons (Fsp3) is 1.00. The van der Waals surface area contributed by atoms with Crippen LogP contribution < -0.4 is 0 Å². The van der Waals surface area contributed by atoms with Crippen molar-refractivity contribution in [3.05, 3.63) is 0 Å². The molecular weight excluding hydrogens is 232 g/mol. The minimum absolute atomic E-state index is 0.129. The van der Waals surface area contributed by atoms with Crippen LogP contribution >= 0.6 is 0 Å². The SMILES string of the molecule is COCCCCOCC1CCC(OCCO)CC1. The molecule has 0 amide bonds. The zero-order valence-corrected chi connectivity index (χ0v) is 11.6. The molecule has 0 spiro atoms. The second-order valence-corrected chi connectivity index (χ2v) is 5.01. The zero-order valence-electron chi connectivity index (χ0n) is 11.6. The third kappa shape index (κ3) is 7.31. The lowest BCUT2D eigenvalue weighted by molar-refractivity contribution is -0.0112. The summed E-state index contributed by atoms with van der Waals surface area (Å²) in [6.45, 7) is 3.18. The molecule has 1 N–H and O–H groups in total. The van der Waals surface area contributed by atoms with Gasteiger partial charge < -0.3 is 19.3 Å². The lowest BCUT2D eigenvalue weighted by atomic mass is 9.88. The molecule has 0 heterocycles. The van der Waals surface area contributed by atoms with E-state index in [2.05, 4.69) is 0 Å². The first-order valence-corrected chi connectivity index (χ1v) is 7.16. The van der Waals surface area contributed by atoms with E-state index in [1.807, 2.05) is 0 Å². The number of hydrogen-bond donors (Lipinski definition) is 1. The van der Waals surface area contributed by atoms with Crippen molar-refractivity contribution >= 4 is 0 Å². The van der Waals surface area contributed by atoms with Gasteiger partial charge in [0, 0.05) is 26.9 Å². The molecule has 18 heavy (non-hydrogen) atoms. The summed E-state index contributed by atoms with van der Waals surface area (Å²) in [6, 6.07) is 0. The summed E-state index contributed by atoms with van der Waals surface area (Å²) < 4.78 is 16.2. The molecule has 0 atom stereocenters. The van der Waals surface area contributed by atoms with E-state index < -0.39 is 0 Å². The minimum Gasteiger partial charge on any atom is -0.394 e. The van der Waals surface area contributed by atoms with Crippen LogP contribution in [-0.4, -0.2) is 51.4 Å². The third-order valence-electron chi connectivity index (χ3n) is 3.48. The molecule has 1 rings (SSSR count). The molecule has 0 bridgehead atoms. The molecule has 4 nitrogen and oxygen atoms in total. The molecule has 0 aromatic heterocycles. The molecule has 0 unspecified atom stereocenters. The first kappa shape index (κ1) is 15.9. The molecule has 4 heteroatoms. The molecule has 108 valence electrons. The normalized spacial score (nSPS) is 24.3. The van der Waals surface area contributed by atoms with Crippen LogP contribution in [0, 0.1) is 5.92 Å². The summed E-state index contributed by atoms with van der Waals surface area (Å²) in [6.07, 6.45) is 7.12. The van der Waals surface area contributed by atoms with Gasteiger partial charge in [0.1, 0.15) is 0 Å². The number of aliphatic hydroxyl groups excluding tert-OH is 1. The molecule has 0 aromatic carbocycles. The Morgan fingerprint density at radius 2 is 1.72 bits per heavy atom. The summed E-state index contributed by atoms with van der Waals surface area (Å²) in [5, 5.41) is 8.70. The zero-order chi connectivity index (χ0) is 13.1. The average molecular weight is 260 g/mol. The molecular formula is C14H28O4. The molecule has 0 aromatic rings. The van der Waals surface area contributed by atoms with Gasteiger partial charge in [-0.15, -0.1) is 0 Å². The Morgan fingerprint density at radius 3 is 2.39 bits per heavy atom. The van der Waals surface area contributed by atoms with Crippen LogP contribution in [0.3, 0.4) is 0 Å². The van der Waals surface area contributed by atoms with Gasteiger partial charge in [0.2, 0.25) is 0 Å². The van der Waals surface area contributed by atoms with Crippen LogP contribution in [0.25, 0.3) is 0 Å². The smallest absolute Gasteiger partial charge is 0.0701 e. The van der Waals surface area contributed by atoms with Gasteiger partial charge >= 0.3 is 0 Å². The van der Waals surface area contributed by atoms with E-state index in [0.717, 1.165) is 45.5 Å². The van der Waals surface area contributed by atoms with E-state index in [1.165, 1.54) is 12.8 Å². The van der Waals surface area contributed by atoms with E-state index in [0.29, 0.717) is 18.6 Å². The minimum atomic E-state index is 0.129. The Morgan fingerprint density at radius 1 is 1.00 bits per heavy atom. The fourth-order valence-electron chi connectivity index (χ4n) is 2.39. The van der Waals surface area contributed by atoms with Crippen LogP contribution in [0.1, 0.15) is 38.5 Å². The van der Waals surface area contributed by atoms with Gasteiger partial charge in [-0.05, 0) is 44.4 Å². The van der Waals surface area contributed by atoms with E-state index in [1.54, 1.807) is 7.11 Å². The van der Waals surface area contributed by atoms with Crippen molar-refractivity contribution in [2.75, 3.05) is 40.1 Å². The van der Waals surface area contributed by atoms with Gasteiger partial charge in [-0.2, -0.15) is 0 Å². The molecule has 1 saturated carbocycles. The fourth-order valence-corrected chi connectivity index (χ4v) is 2.39. The number of rotatable bonds is 10. The van der Waals surface area contributed by atoms with Gasteiger partial charge in [-0.3, -0.25) is 0 Å². The monoisotopic (exact) mass is 260 g/mol. The third-order valence-corrected chi connectivity index (χ3v) is 3.48. The maximum absolute atomic E-state index is 8.70. The van der Waals surface area contributed by atoms with Gasteiger partial charge in [0.15, 0.2) is 0 Å². The lowest BCUT2D eigenvalue weighted by Gasteiger charge is -2.28. The summed E-state index contributed by atoms with van der Waals surface area (Å²) >= 11 is 0. The van der Waals surface area contributed by atoms with Crippen LogP contribution in [-0.2, 0) is 14.2 Å². The molecule has 0 radical (unpaired) electrons. The molecule has 0 aliphatic heterocycles. The molecule has 1 aliphatic carbocycles. The van der Waals surface area contributed by atoms with E-state index in [-0.39, 0.29) is 6.61 Å². The first-order chi connectivity index (χ1) is 8.86. The molecule has 0 saturated heterocycles. The topological polar surface area (TPSA) is 47.9 Å². The Balaban J connectivity index is 1.92. The number of hydrogen-bond acceptors (Lipinski definition) is 4. The largest absolute Gasteiger partial charge is 0.394 e. The summed E-state index contributed by atoms with van der Waals surface area (Å²) in [5.41, 5.74) is 0. The van der Waals surface area contributed by atoms with Crippen molar-refractivity contribution in [1.82, 2.24) is 0 Å². The highest BCUT2D eigenvalue weighted by Crippen LogP contribution is 2.26. The van der Waals surface area contributed by atoms with Crippen molar-refractivity contribution in [1.29, 1.82) is 0 Å². The predicted molar refractivity (Wildman–Crippen MR) is 70.7 cm³/mol. The van der Waals surface area contributed by atoms with E-state index in [9.17, 15) is 0 Å². The molecule has 1 aliphatic rings. The van der Waals surface area contributed by atoms with Crippen LogP contribution in [0.4, 0.5) is 0 Å². The maximum atomic E-state index is 8.70. The predicted octanol–water partition coefficient (Wildman–Crippen LogP) is 2.00. The second kappa shape index (κ2) is 10.7. The van der Waals surface area contributed by atoms with Gasteiger partial charge in [-0.1, -0.05) is 0 Å². The number of ether oxygens (including phenoxy) is 3. The van der Waals surface area contributed by atoms with Crippen molar-refractivity contribution < 1.29 is 19.3 Å². The van der Waals surface area contributed by atoms with Crippen molar-refractivity contribution in [3.63, 3.8) is 0 Å². The molecule has 1 fully saturated rings. The van der Waals surface area contributed by atoms with Gasteiger partial charge in [0.05, 0.1) is 19.3 Å².